The molecule has 0 unspecified atom stereocenters. The molecule has 0 radical (unpaired) electrons. The number of carboxylic acid groups (broad SMARTS) is 1. The standard InChI is InChI=1S/C13H13F2NO3S/c14-13(15)20-10-3-1-7(2-4-10)11(17)16-9-5-8(6-9)12(18)19/h1-4,8-9,13H,5-6H2,(H,16,17)(H,18,19). The molecule has 4 nitrogen and oxygen atoms in total. The summed E-state index contributed by atoms with van der Waals surface area (Å²) in [4.78, 5) is 22.9. The second-order valence-corrected chi connectivity index (χ2v) is 5.64. The van der Waals surface area contributed by atoms with E-state index >= 15 is 0 Å². The number of hydrogen-bond acceptors (Lipinski definition) is 3. The average Bonchev–Trinajstić information content (AvgIpc) is 2.32. The molecule has 2 N–H and O–H groups in total. The highest BCUT2D eigenvalue weighted by atomic mass is 32.2. The van der Waals surface area contributed by atoms with Crippen LogP contribution < -0.4 is 5.32 Å². The summed E-state index contributed by atoms with van der Waals surface area (Å²) in [5.74, 6) is -4.03. The Kier molecular flexibility index (Phi) is 4.59. The van der Waals surface area contributed by atoms with Crippen molar-refractivity contribution in [1.29, 1.82) is 0 Å². The molecule has 0 spiro atoms. The number of alkyl halides is 2. The number of nitrogens with one attached hydrogen (secondary N) is 1. The summed E-state index contributed by atoms with van der Waals surface area (Å²) in [5, 5.41) is 11.4. The summed E-state index contributed by atoms with van der Waals surface area (Å²) < 4.78 is 24.3. The average molecular weight is 301 g/mol. The van der Waals surface area contributed by atoms with Gasteiger partial charge in [-0.3, -0.25) is 9.59 Å². The van der Waals surface area contributed by atoms with E-state index < -0.39 is 11.7 Å². The molecule has 0 aliphatic heterocycles. The van der Waals surface area contributed by atoms with Gasteiger partial charge in [-0.05, 0) is 37.1 Å². The van der Waals surface area contributed by atoms with E-state index in [0.717, 1.165) is 0 Å². The summed E-state index contributed by atoms with van der Waals surface area (Å²) in [6, 6.07) is 5.76. The van der Waals surface area contributed by atoms with E-state index in [1.54, 1.807) is 0 Å². The lowest BCUT2D eigenvalue weighted by Gasteiger charge is -2.32. The summed E-state index contributed by atoms with van der Waals surface area (Å²) in [5.41, 5.74) is 0.377. The number of hydrogen-bond donors (Lipinski definition) is 2. The van der Waals surface area contributed by atoms with Gasteiger partial charge >= 0.3 is 5.97 Å². The van der Waals surface area contributed by atoms with Crippen LogP contribution in [0.15, 0.2) is 29.2 Å². The molecule has 2 rings (SSSR count). The highest BCUT2D eigenvalue weighted by molar-refractivity contribution is 7.99. The van der Waals surface area contributed by atoms with Gasteiger partial charge in [0.05, 0.1) is 5.92 Å². The third-order valence-corrected chi connectivity index (χ3v) is 3.89. The molecule has 0 atom stereocenters. The van der Waals surface area contributed by atoms with E-state index in [4.69, 9.17) is 5.11 Å². The van der Waals surface area contributed by atoms with Gasteiger partial charge in [0.15, 0.2) is 0 Å². The van der Waals surface area contributed by atoms with Crippen LogP contribution in [0, 0.1) is 5.92 Å². The topological polar surface area (TPSA) is 66.4 Å². The predicted octanol–water partition coefficient (Wildman–Crippen LogP) is 2.59. The van der Waals surface area contributed by atoms with Crippen molar-refractivity contribution < 1.29 is 23.5 Å². The Morgan fingerprint density at radius 3 is 2.35 bits per heavy atom. The fraction of sp³-hybridized carbons (Fsp3) is 0.385. The number of aliphatic carboxylic acids is 1. The van der Waals surface area contributed by atoms with E-state index in [0.29, 0.717) is 35.1 Å². The molecule has 108 valence electrons. The molecule has 0 aromatic heterocycles. The van der Waals surface area contributed by atoms with Crippen molar-refractivity contribution in [3.05, 3.63) is 29.8 Å². The Bertz CT molecular complexity index is 501. The van der Waals surface area contributed by atoms with Gasteiger partial charge in [-0.25, -0.2) is 0 Å². The number of thioether (sulfide) groups is 1. The zero-order valence-corrected chi connectivity index (χ0v) is 11.2. The Morgan fingerprint density at radius 2 is 1.85 bits per heavy atom. The van der Waals surface area contributed by atoms with Gasteiger partial charge in [-0.1, -0.05) is 11.8 Å². The van der Waals surface area contributed by atoms with Crippen molar-refractivity contribution in [2.75, 3.05) is 0 Å². The summed E-state index contributed by atoms with van der Waals surface area (Å²) in [6.45, 7) is 0. The van der Waals surface area contributed by atoms with Crippen LogP contribution >= 0.6 is 11.8 Å². The molecule has 0 bridgehead atoms. The van der Waals surface area contributed by atoms with Crippen LogP contribution in [-0.2, 0) is 4.79 Å². The Labute approximate surface area is 118 Å². The second kappa shape index (κ2) is 6.21. The van der Waals surface area contributed by atoms with Crippen LogP contribution in [0.4, 0.5) is 8.78 Å². The molecule has 0 saturated heterocycles. The van der Waals surface area contributed by atoms with Crippen molar-refractivity contribution in [3.8, 4) is 0 Å². The largest absolute Gasteiger partial charge is 0.481 e. The van der Waals surface area contributed by atoms with Gasteiger partial charge < -0.3 is 10.4 Å². The maximum absolute atomic E-state index is 12.1. The van der Waals surface area contributed by atoms with Crippen molar-refractivity contribution in [1.82, 2.24) is 5.32 Å². The SMILES string of the molecule is O=C(NC1CC(C(=O)O)C1)c1ccc(SC(F)F)cc1. The van der Waals surface area contributed by atoms with Gasteiger partial charge in [0.2, 0.25) is 0 Å². The first-order valence-electron chi connectivity index (χ1n) is 6.04. The quantitative estimate of drug-likeness (QED) is 0.820. The molecule has 1 fully saturated rings. The second-order valence-electron chi connectivity index (χ2n) is 4.58. The Morgan fingerprint density at radius 1 is 1.25 bits per heavy atom. The number of carbonyl (C=O) groups is 2. The maximum atomic E-state index is 12.1. The molecule has 1 aromatic carbocycles. The Balaban J connectivity index is 1.85. The summed E-state index contributed by atoms with van der Waals surface area (Å²) in [6.07, 6.45) is 0.862. The van der Waals surface area contributed by atoms with Crippen molar-refractivity contribution in [3.63, 3.8) is 0 Å². The van der Waals surface area contributed by atoms with Crippen molar-refractivity contribution >= 4 is 23.6 Å². The molecular formula is C13H13F2NO3S. The lowest BCUT2D eigenvalue weighted by molar-refractivity contribution is -0.145. The highest BCUT2D eigenvalue weighted by Gasteiger charge is 2.35. The first kappa shape index (κ1) is 14.8. The fourth-order valence-corrected chi connectivity index (χ4v) is 2.49. The minimum atomic E-state index is -2.49. The number of amides is 1. The van der Waals surface area contributed by atoms with E-state index in [2.05, 4.69) is 5.32 Å². The van der Waals surface area contributed by atoms with Crippen LogP contribution in [-0.4, -0.2) is 28.8 Å². The van der Waals surface area contributed by atoms with Crippen LogP contribution in [0.5, 0.6) is 0 Å². The molecule has 1 amide bonds. The van der Waals surface area contributed by atoms with E-state index in [9.17, 15) is 18.4 Å². The van der Waals surface area contributed by atoms with Crippen LogP contribution in [0.1, 0.15) is 23.2 Å². The van der Waals surface area contributed by atoms with Crippen molar-refractivity contribution in [2.24, 2.45) is 5.92 Å². The molecule has 1 saturated carbocycles. The van der Waals surface area contributed by atoms with Gasteiger partial charge in [-0.15, -0.1) is 0 Å². The molecule has 0 heterocycles. The van der Waals surface area contributed by atoms with Crippen LogP contribution in [0.3, 0.4) is 0 Å². The first-order valence-corrected chi connectivity index (χ1v) is 6.92. The molecule has 1 aliphatic rings. The number of halogens is 2. The van der Waals surface area contributed by atoms with E-state index in [1.807, 2.05) is 0 Å². The smallest absolute Gasteiger partial charge is 0.306 e. The number of carboxylic acids is 1. The summed E-state index contributed by atoms with van der Waals surface area (Å²) >= 11 is 0.422. The van der Waals surface area contributed by atoms with Gasteiger partial charge in [0.25, 0.3) is 11.7 Å². The molecule has 20 heavy (non-hydrogen) atoms. The molecule has 1 aromatic rings. The predicted molar refractivity (Wildman–Crippen MR) is 69.9 cm³/mol. The third-order valence-electron chi connectivity index (χ3n) is 3.16. The highest BCUT2D eigenvalue weighted by Crippen LogP contribution is 2.28. The molecular weight excluding hydrogens is 288 g/mol. The monoisotopic (exact) mass is 301 g/mol. The lowest BCUT2D eigenvalue weighted by Crippen LogP contribution is -2.46. The van der Waals surface area contributed by atoms with Crippen molar-refractivity contribution in [2.45, 2.75) is 29.5 Å². The first-order chi connectivity index (χ1) is 9.45. The number of benzene rings is 1. The third kappa shape index (κ3) is 3.69. The van der Waals surface area contributed by atoms with E-state index in [1.165, 1.54) is 24.3 Å². The molecule has 7 heteroatoms. The lowest BCUT2D eigenvalue weighted by atomic mass is 9.80. The summed E-state index contributed by atoms with van der Waals surface area (Å²) in [7, 11) is 0. The Hall–Kier alpha value is -1.63. The zero-order valence-electron chi connectivity index (χ0n) is 10.4. The minimum absolute atomic E-state index is 0.126. The van der Waals surface area contributed by atoms with Crippen LogP contribution in [0.25, 0.3) is 0 Å². The van der Waals surface area contributed by atoms with E-state index in [-0.39, 0.29) is 17.9 Å². The van der Waals surface area contributed by atoms with Gasteiger partial charge in [0.1, 0.15) is 0 Å². The zero-order chi connectivity index (χ0) is 14.7. The van der Waals surface area contributed by atoms with Gasteiger partial charge in [0, 0.05) is 16.5 Å². The normalized spacial score (nSPS) is 21.4. The number of carbonyl (C=O) groups excluding carboxylic acids is 1. The number of rotatable bonds is 5. The molecule has 1 aliphatic carbocycles. The van der Waals surface area contributed by atoms with Gasteiger partial charge in [-0.2, -0.15) is 8.78 Å². The fourth-order valence-electron chi connectivity index (χ4n) is 1.99. The minimum Gasteiger partial charge on any atom is -0.481 e. The maximum Gasteiger partial charge on any atom is 0.306 e. The van der Waals surface area contributed by atoms with Crippen LogP contribution in [0.2, 0.25) is 0 Å².